The summed E-state index contributed by atoms with van der Waals surface area (Å²) < 4.78 is 0.780. The molecule has 1 heterocycles. The number of carbonyl (C=O) groups is 2. The van der Waals surface area contributed by atoms with Crippen molar-refractivity contribution in [2.24, 2.45) is 5.92 Å². The molecule has 2 unspecified atom stereocenters. The normalized spacial score (nSPS) is 12.8. The number of aromatic nitrogens is 2. The van der Waals surface area contributed by atoms with Crippen LogP contribution in [0.25, 0.3) is 5.57 Å². The van der Waals surface area contributed by atoms with Crippen LogP contribution in [0, 0.1) is 5.92 Å². The predicted molar refractivity (Wildman–Crippen MR) is 121 cm³/mol. The Bertz CT molecular complexity index is 713. The first-order valence-corrected chi connectivity index (χ1v) is 10.3. The zero-order chi connectivity index (χ0) is 22.6. The molecule has 0 radical (unpaired) electrons. The second-order valence-corrected chi connectivity index (χ2v) is 7.67. The molecule has 1 aromatic heterocycles. The number of nitrogens with one attached hydrogen (secondary N) is 2. The molecule has 7 nitrogen and oxygen atoms in total. The fraction of sp³-hybridized carbons (Fsp3) is 0.476. The molecule has 0 aliphatic heterocycles. The van der Waals surface area contributed by atoms with Crippen LogP contribution in [-0.4, -0.2) is 45.6 Å². The zero-order valence-corrected chi connectivity index (χ0v) is 19.5. The number of hydrogen-bond acceptors (Lipinski definition) is 4. The zero-order valence-electron chi connectivity index (χ0n) is 17.9. The maximum absolute atomic E-state index is 13.0. The van der Waals surface area contributed by atoms with Crippen molar-refractivity contribution in [2.45, 2.75) is 52.5 Å². The summed E-state index contributed by atoms with van der Waals surface area (Å²) >= 11 is 3.30. The summed E-state index contributed by atoms with van der Waals surface area (Å²) in [6, 6.07) is 0.0912. The fourth-order valence-corrected chi connectivity index (χ4v) is 3.20. The SMILES string of the molecule is C=C(Br)/C=C\C(=C)c1cnc(C(CC)C(CC)C(=O)N(NC)C(C)C)[nH]1.O=CO. The van der Waals surface area contributed by atoms with Gasteiger partial charge in [0.15, 0.2) is 0 Å². The van der Waals surface area contributed by atoms with Crippen molar-refractivity contribution in [3.63, 3.8) is 0 Å². The van der Waals surface area contributed by atoms with Gasteiger partial charge in [0.1, 0.15) is 5.82 Å². The topological polar surface area (TPSA) is 98.3 Å². The molecule has 1 aromatic rings. The van der Waals surface area contributed by atoms with Gasteiger partial charge in [-0.3, -0.25) is 14.6 Å². The monoisotopic (exact) mass is 468 g/mol. The Kier molecular flexibility index (Phi) is 12.8. The third-order valence-corrected chi connectivity index (χ3v) is 4.70. The highest BCUT2D eigenvalue weighted by Gasteiger charge is 2.32. The number of imidazole rings is 1. The lowest BCUT2D eigenvalue weighted by Crippen LogP contribution is -2.49. The number of nitrogens with zero attached hydrogens (tertiary/aromatic N) is 2. The number of rotatable bonds is 10. The van der Waals surface area contributed by atoms with E-state index in [0.717, 1.165) is 34.4 Å². The molecule has 0 saturated heterocycles. The highest BCUT2D eigenvalue weighted by atomic mass is 79.9. The summed E-state index contributed by atoms with van der Waals surface area (Å²) in [6.45, 7) is 15.7. The molecule has 162 valence electrons. The first-order valence-electron chi connectivity index (χ1n) is 9.53. The summed E-state index contributed by atoms with van der Waals surface area (Å²) in [6.07, 6.45) is 7.07. The Balaban J connectivity index is 0.00000245. The number of hydrogen-bond donors (Lipinski definition) is 3. The van der Waals surface area contributed by atoms with E-state index in [1.807, 2.05) is 32.9 Å². The van der Waals surface area contributed by atoms with Gasteiger partial charge in [0.2, 0.25) is 5.91 Å². The van der Waals surface area contributed by atoms with Gasteiger partial charge in [-0.05, 0) is 38.3 Å². The Hall–Kier alpha value is -2.19. The minimum absolute atomic E-state index is 0.0266. The average molecular weight is 469 g/mol. The van der Waals surface area contributed by atoms with Gasteiger partial charge in [0.25, 0.3) is 6.47 Å². The maximum atomic E-state index is 13.0. The van der Waals surface area contributed by atoms with Crippen molar-refractivity contribution in [2.75, 3.05) is 7.05 Å². The summed E-state index contributed by atoms with van der Waals surface area (Å²) in [5.41, 5.74) is 4.68. The van der Waals surface area contributed by atoms with Gasteiger partial charge in [0, 0.05) is 29.4 Å². The molecule has 0 saturated carbocycles. The number of aromatic amines is 1. The van der Waals surface area contributed by atoms with Crippen molar-refractivity contribution in [1.29, 1.82) is 0 Å². The Labute approximate surface area is 182 Å². The molecule has 1 amide bonds. The van der Waals surface area contributed by atoms with E-state index in [1.54, 1.807) is 18.3 Å². The molecule has 29 heavy (non-hydrogen) atoms. The Morgan fingerprint density at radius 1 is 1.34 bits per heavy atom. The maximum Gasteiger partial charge on any atom is 0.290 e. The van der Waals surface area contributed by atoms with E-state index >= 15 is 0 Å². The summed E-state index contributed by atoms with van der Waals surface area (Å²) in [5.74, 6) is 0.817. The van der Waals surface area contributed by atoms with E-state index in [4.69, 9.17) is 9.90 Å². The first-order chi connectivity index (χ1) is 13.7. The molecular weight excluding hydrogens is 436 g/mol. The van der Waals surface area contributed by atoms with Gasteiger partial charge in [-0.1, -0.05) is 49.0 Å². The van der Waals surface area contributed by atoms with Crippen LogP contribution in [0.2, 0.25) is 0 Å². The predicted octanol–water partition coefficient (Wildman–Crippen LogP) is 4.48. The van der Waals surface area contributed by atoms with Crippen LogP contribution in [0.4, 0.5) is 0 Å². The van der Waals surface area contributed by atoms with E-state index in [1.165, 1.54) is 0 Å². The van der Waals surface area contributed by atoms with E-state index in [9.17, 15) is 4.79 Å². The second kappa shape index (κ2) is 13.9. The number of amides is 1. The molecule has 1 rings (SSSR count). The van der Waals surface area contributed by atoms with Crippen molar-refractivity contribution < 1.29 is 14.7 Å². The van der Waals surface area contributed by atoms with Crippen LogP contribution in [0.1, 0.15) is 58.0 Å². The first kappa shape index (κ1) is 26.8. The number of hydrazine groups is 1. The highest BCUT2D eigenvalue weighted by Crippen LogP contribution is 2.31. The standard InChI is InChI=1S/C20H31BrN4O.CH2O2/c1-8-16(17(9-2)20(26)25(22-7)13(3)4)19-23-12-18(24-19)14(5)10-11-15(6)21;2-1-3/h10-13,16-17,22H,5-6,8-9H2,1-4,7H3,(H,23,24);1H,(H,2,3)/b11-10-;. The van der Waals surface area contributed by atoms with E-state index < -0.39 is 0 Å². The molecule has 0 aromatic carbocycles. The van der Waals surface area contributed by atoms with E-state index in [0.29, 0.717) is 0 Å². The third-order valence-electron chi connectivity index (χ3n) is 4.44. The minimum atomic E-state index is -0.250. The average Bonchev–Trinajstić information content (AvgIpc) is 3.14. The lowest BCUT2D eigenvalue weighted by molar-refractivity contribution is -0.141. The van der Waals surface area contributed by atoms with Crippen molar-refractivity contribution in [1.82, 2.24) is 20.4 Å². The van der Waals surface area contributed by atoms with Crippen molar-refractivity contribution >= 4 is 33.9 Å². The quantitative estimate of drug-likeness (QED) is 0.267. The molecule has 0 fully saturated rings. The number of carbonyl (C=O) groups excluding carboxylic acids is 1. The smallest absolute Gasteiger partial charge is 0.290 e. The van der Waals surface area contributed by atoms with E-state index in [-0.39, 0.29) is 30.3 Å². The van der Waals surface area contributed by atoms with Crippen LogP contribution >= 0.6 is 15.9 Å². The number of allylic oxidation sites excluding steroid dienone is 4. The Morgan fingerprint density at radius 3 is 2.34 bits per heavy atom. The van der Waals surface area contributed by atoms with Gasteiger partial charge < -0.3 is 10.1 Å². The molecule has 0 aliphatic carbocycles. The number of H-pyrrole nitrogens is 1. The highest BCUT2D eigenvalue weighted by molar-refractivity contribution is 9.11. The lowest BCUT2D eigenvalue weighted by Gasteiger charge is -2.32. The molecule has 3 N–H and O–H groups in total. The largest absolute Gasteiger partial charge is 0.483 e. The van der Waals surface area contributed by atoms with Gasteiger partial charge in [-0.25, -0.2) is 10.4 Å². The van der Waals surface area contributed by atoms with Crippen LogP contribution < -0.4 is 5.43 Å². The molecule has 0 bridgehead atoms. The van der Waals surface area contributed by atoms with Crippen molar-refractivity contribution in [3.8, 4) is 0 Å². The molecule has 2 atom stereocenters. The van der Waals surface area contributed by atoms with Gasteiger partial charge in [0.05, 0.1) is 11.9 Å². The molecule has 0 spiro atoms. The van der Waals surface area contributed by atoms with Gasteiger partial charge >= 0.3 is 0 Å². The van der Waals surface area contributed by atoms with E-state index in [2.05, 4.69) is 51.4 Å². The number of carboxylic acid groups (broad SMARTS) is 1. The van der Waals surface area contributed by atoms with Crippen LogP contribution in [0.15, 0.2) is 36.0 Å². The minimum Gasteiger partial charge on any atom is -0.483 e. The lowest BCUT2D eigenvalue weighted by atomic mass is 9.86. The fourth-order valence-electron chi connectivity index (χ4n) is 3.07. The molecule has 8 heteroatoms. The summed E-state index contributed by atoms with van der Waals surface area (Å²) in [7, 11) is 1.78. The third kappa shape index (κ3) is 8.37. The van der Waals surface area contributed by atoms with Crippen LogP contribution in [0.3, 0.4) is 0 Å². The molecule has 0 aliphatic rings. The van der Waals surface area contributed by atoms with Gasteiger partial charge in [-0.15, -0.1) is 0 Å². The summed E-state index contributed by atoms with van der Waals surface area (Å²) in [4.78, 5) is 29.3. The van der Waals surface area contributed by atoms with Gasteiger partial charge in [-0.2, -0.15) is 0 Å². The van der Waals surface area contributed by atoms with Crippen LogP contribution in [-0.2, 0) is 9.59 Å². The number of halogens is 1. The van der Waals surface area contributed by atoms with Crippen molar-refractivity contribution in [3.05, 3.63) is 47.5 Å². The summed E-state index contributed by atoms with van der Waals surface area (Å²) in [5, 5.41) is 8.59. The second-order valence-electron chi connectivity index (χ2n) is 6.65. The molecular formula is C21H33BrN4O3. The van der Waals surface area contributed by atoms with Crippen LogP contribution in [0.5, 0.6) is 0 Å². The Morgan fingerprint density at radius 2 is 1.93 bits per heavy atom.